The third kappa shape index (κ3) is 4.38. The smallest absolute Gasteiger partial charge is 0.266 e. The number of hydrogen-bond donors (Lipinski definition) is 2. The summed E-state index contributed by atoms with van der Waals surface area (Å²) in [6, 6.07) is 16.4. The number of aryl methyl sites for hydroxylation is 2. The van der Waals surface area contributed by atoms with Crippen molar-refractivity contribution in [3.63, 3.8) is 0 Å². The van der Waals surface area contributed by atoms with E-state index in [1.54, 1.807) is 30.3 Å². The zero-order valence-electron chi connectivity index (χ0n) is 15.0. The fourth-order valence-corrected chi connectivity index (χ4v) is 3.91. The number of amides is 2. The zero-order valence-corrected chi connectivity index (χ0v) is 16.6. The highest BCUT2D eigenvalue weighted by atomic mass is 35.5. The summed E-state index contributed by atoms with van der Waals surface area (Å²) in [5, 5.41) is 6.77. The molecule has 0 radical (unpaired) electrons. The second-order valence-corrected chi connectivity index (χ2v) is 7.48. The van der Waals surface area contributed by atoms with E-state index in [4.69, 9.17) is 11.6 Å². The maximum atomic E-state index is 12.7. The highest BCUT2D eigenvalue weighted by Gasteiger charge is 2.17. The lowest BCUT2D eigenvalue weighted by Gasteiger charge is -2.09. The molecule has 0 saturated carbocycles. The summed E-state index contributed by atoms with van der Waals surface area (Å²) in [7, 11) is 0. The Labute approximate surface area is 167 Å². The van der Waals surface area contributed by atoms with Gasteiger partial charge in [0.15, 0.2) is 0 Å². The highest BCUT2D eigenvalue weighted by molar-refractivity contribution is 7.18. The maximum absolute atomic E-state index is 12.7. The molecule has 3 rings (SSSR count). The van der Waals surface area contributed by atoms with Gasteiger partial charge in [0.2, 0.25) is 0 Å². The zero-order chi connectivity index (χ0) is 19.4. The predicted octanol–water partition coefficient (Wildman–Crippen LogP) is 5.78. The first-order valence-electron chi connectivity index (χ1n) is 8.55. The first kappa shape index (κ1) is 19.1. The molecule has 0 fully saturated rings. The van der Waals surface area contributed by atoms with Gasteiger partial charge in [-0.25, -0.2) is 0 Å². The fourth-order valence-electron chi connectivity index (χ4n) is 2.72. The summed E-state index contributed by atoms with van der Waals surface area (Å²) in [5.41, 5.74) is 3.08. The van der Waals surface area contributed by atoms with Gasteiger partial charge in [0, 0.05) is 5.69 Å². The molecule has 0 aliphatic rings. The van der Waals surface area contributed by atoms with Crippen molar-refractivity contribution in [2.75, 3.05) is 10.6 Å². The number of hydrogen-bond acceptors (Lipinski definition) is 3. The van der Waals surface area contributed by atoms with E-state index in [0.717, 1.165) is 23.2 Å². The highest BCUT2D eigenvalue weighted by Crippen LogP contribution is 2.29. The number of carbonyl (C=O) groups is 2. The van der Waals surface area contributed by atoms with Crippen molar-refractivity contribution >= 4 is 45.4 Å². The summed E-state index contributed by atoms with van der Waals surface area (Å²) in [6.07, 6.45) is 0.832. The Balaban J connectivity index is 1.77. The average Bonchev–Trinajstić information content (AvgIpc) is 3.02. The minimum absolute atomic E-state index is 0.184. The normalized spacial score (nSPS) is 10.5. The van der Waals surface area contributed by atoms with Gasteiger partial charge >= 0.3 is 0 Å². The van der Waals surface area contributed by atoms with E-state index >= 15 is 0 Å². The lowest BCUT2D eigenvalue weighted by atomic mass is 10.1. The van der Waals surface area contributed by atoms with Crippen molar-refractivity contribution in [2.24, 2.45) is 0 Å². The molecule has 2 amide bonds. The first-order chi connectivity index (χ1) is 13.0. The number of halogens is 1. The molecule has 0 spiro atoms. The summed E-state index contributed by atoms with van der Waals surface area (Å²) in [6.45, 7) is 3.89. The largest absolute Gasteiger partial charge is 0.321 e. The molecule has 3 aromatic rings. The van der Waals surface area contributed by atoms with Gasteiger partial charge in [-0.05, 0) is 48.7 Å². The Bertz CT molecular complexity index is 997. The van der Waals surface area contributed by atoms with Gasteiger partial charge in [-0.1, -0.05) is 48.9 Å². The van der Waals surface area contributed by atoms with E-state index in [0.29, 0.717) is 20.5 Å². The SMILES string of the molecule is CCc1ccccc1NC(=O)c1sc(NC(=O)c2ccccc2Cl)cc1C. The van der Waals surface area contributed by atoms with Gasteiger partial charge in [0.05, 0.1) is 20.5 Å². The molecule has 1 heterocycles. The van der Waals surface area contributed by atoms with Crippen LogP contribution >= 0.6 is 22.9 Å². The Morgan fingerprint density at radius 2 is 1.70 bits per heavy atom. The molecular formula is C21H19ClN2O2S. The minimum Gasteiger partial charge on any atom is -0.321 e. The lowest BCUT2D eigenvalue weighted by Crippen LogP contribution is -2.13. The van der Waals surface area contributed by atoms with Crippen LogP contribution in [0.3, 0.4) is 0 Å². The van der Waals surface area contributed by atoms with Gasteiger partial charge in [-0.3, -0.25) is 9.59 Å². The Hall–Kier alpha value is -2.63. The molecule has 6 heteroatoms. The van der Waals surface area contributed by atoms with Crippen molar-refractivity contribution in [3.8, 4) is 0 Å². The van der Waals surface area contributed by atoms with Crippen LogP contribution in [0.2, 0.25) is 5.02 Å². The molecule has 0 atom stereocenters. The number of anilines is 2. The summed E-state index contributed by atoms with van der Waals surface area (Å²) < 4.78 is 0. The van der Waals surface area contributed by atoms with Crippen LogP contribution in [0.4, 0.5) is 10.7 Å². The van der Waals surface area contributed by atoms with Gasteiger partial charge in [-0.15, -0.1) is 11.3 Å². The van der Waals surface area contributed by atoms with E-state index in [1.807, 2.05) is 38.1 Å². The monoisotopic (exact) mass is 398 g/mol. The Morgan fingerprint density at radius 1 is 1.00 bits per heavy atom. The molecule has 0 saturated heterocycles. The average molecular weight is 399 g/mol. The summed E-state index contributed by atoms with van der Waals surface area (Å²) in [4.78, 5) is 25.7. The Kier molecular flexibility index (Phi) is 5.94. The standard InChI is InChI=1S/C21H19ClN2O2S/c1-3-14-8-4-7-11-17(14)23-21(26)19-13(2)12-18(27-19)24-20(25)15-9-5-6-10-16(15)22/h4-12H,3H2,1-2H3,(H,23,26)(H,24,25). The van der Waals surface area contributed by atoms with Crippen LogP contribution in [0.15, 0.2) is 54.6 Å². The molecular weight excluding hydrogens is 380 g/mol. The third-order valence-electron chi connectivity index (χ3n) is 4.13. The Morgan fingerprint density at radius 3 is 2.44 bits per heavy atom. The number of thiophene rings is 1. The van der Waals surface area contributed by atoms with Crippen LogP contribution in [0.25, 0.3) is 0 Å². The molecule has 0 bridgehead atoms. The van der Waals surface area contributed by atoms with Crippen LogP contribution in [-0.4, -0.2) is 11.8 Å². The molecule has 2 aromatic carbocycles. The van der Waals surface area contributed by atoms with E-state index in [2.05, 4.69) is 10.6 Å². The van der Waals surface area contributed by atoms with Gasteiger partial charge in [0.1, 0.15) is 0 Å². The van der Waals surface area contributed by atoms with Crippen LogP contribution in [-0.2, 0) is 6.42 Å². The molecule has 0 aliphatic carbocycles. The van der Waals surface area contributed by atoms with E-state index in [9.17, 15) is 9.59 Å². The maximum Gasteiger partial charge on any atom is 0.266 e. The third-order valence-corrected chi connectivity index (χ3v) is 5.61. The molecule has 0 aliphatic heterocycles. The number of benzene rings is 2. The number of nitrogens with one attached hydrogen (secondary N) is 2. The van der Waals surface area contributed by atoms with Crippen LogP contribution in [0.5, 0.6) is 0 Å². The summed E-state index contributed by atoms with van der Waals surface area (Å²) >= 11 is 7.31. The van der Waals surface area contributed by atoms with Gasteiger partial charge in [0.25, 0.3) is 11.8 Å². The fraction of sp³-hybridized carbons (Fsp3) is 0.143. The molecule has 1 aromatic heterocycles. The quantitative estimate of drug-likeness (QED) is 0.572. The number of carbonyl (C=O) groups excluding carboxylic acids is 2. The minimum atomic E-state index is -0.301. The van der Waals surface area contributed by atoms with E-state index < -0.39 is 0 Å². The van der Waals surface area contributed by atoms with Crippen molar-refractivity contribution in [2.45, 2.75) is 20.3 Å². The first-order valence-corrected chi connectivity index (χ1v) is 9.74. The van der Waals surface area contributed by atoms with Crippen molar-refractivity contribution in [1.82, 2.24) is 0 Å². The van der Waals surface area contributed by atoms with Crippen LogP contribution < -0.4 is 10.6 Å². The van der Waals surface area contributed by atoms with Gasteiger partial charge in [-0.2, -0.15) is 0 Å². The number of para-hydroxylation sites is 1. The number of rotatable bonds is 5. The molecule has 138 valence electrons. The van der Waals surface area contributed by atoms with Crippen molar-refractivity contribution < 1.29 is 9.59 Å². The lowest BCUT2D eigenvalue weighted by molar-refractivity contribution is 0.102. The topological polar surface area (TPSA) is 58.2 Å². The predicted molar refractivity (Wildman–Crippen MR) is 112 cm³/mol. The summed E-state index contributed by atoms with van der Waals surface area (Å²) in [5.74, 6) is -0.484. The van der Waals surface area contributed by atoms with Crippen LogP contribution in [0.1, 0.15) is 38.1 Å². The van der Waals surface area contributed by atoms with Crippen molar-refractivity contribution in [1.29, 1.82) is 0 Å². The van der Waals surface area contributed by atoms with Crippen molar-refractivity contribution in [3.05, 3.63) is 81.2 Å². The molecule has 27 heavy (non-hydrogen) atoms. The molecule has 0 unspecified atom stereocenters. The molecule has 2 N–H and O–H groups in total. The second-order valence-electron chi connectivity index (χ2n) is 6.02. The van der Waals surface area contributed by atoms with E-state index in [1.165, 1.54) is 11.3 Å². The van der Waals surface area contributed by atoms with E-state index in [-0.39, 0.29) is 11.8 Å². The van der Waals surface area contributed by atoms with Crippen LogP contribution in [0, 0.1) is 6.92 Å². The second kappa shape index (κ2) is 8.37. The molecule has 4 nitrogen and oxygen atoms in total. The van der Waals surface area contributed by atoms with Gasteiger partial charge < -0.3 is 10.6 Å².